The molecule has 4 bridgehead atoms. The highest BCUT2D eigenvalue weighted by Crippen LogP contribution is 2.61. The van der Waals surface area contributed by atoms with Crippen molar-refractivity contribution in [3.63, 3.8) is 0 Å². The lowest BCUT2D eigenvalue weighted by atomic mass is 9.48. The van der Waals surface area contributed by atoms with Crippen molar-refractivity contribution in [3.05, 3.63) is 71.6 Å². The van der Waals surface area contributed by atoms with E-state index in [1.54, 1.807) is 11.1 Å². The van der Waals surface area contributed by atoms with Gasteiger partial charge in [0.25, 0.3) is 0 Å². The molecule has 0 spiro atoms. The molecule has 5 aliphatic carbocycles. The SMILES string of the molecule is C1=C[C@@H]2c3cc(C45CC6CC(CC(C6)C4)C5)ccc3N[C@@H](c3ccncc3)[C@@H]2C1. The van der Waals surface area contributed by atoms with Gasteiger partial charge in [-0.1, -0.05) is 24.3 Å². The summed E-state index contributed by atoms with van der Waals surface area (Å²) in [6.07, 6.45) is 18.9. The first-order valence-corrected chi connectivity index (χ1v) is 11.7. The minimum absolute atomic E-state index is 0.385. The summed E-state index contributed by atoms with van der Waals surface area (Å²) in [7, 11) is 0. The molecule has 148 valence electrons. The highest BCUT2D eigenvalue weighted by Gasteiger charge is 2.52. The lowest BCUT2D eigenvalue weighted by Crippen LogP contribution is -2.48. The summed E-state index contributed by atoms with van der Waals surface area (Å²) in [5.41, 5.74) is 6.44. The van der Waals surface area contributed by atoms with Crippen molar-refractivity contribution in [1.29, 1.82) is 0 Å². The Morgan fingerprint density at radius 1 is 0.897 bits per heavy atom. The van der Waals surface area contributed by atoms with Gasteiger partial charge in [-0.25, -0.2) is 0 Å². The molecule has 6 aliphatic rings. The van der Waals surface area contributed by atoms with Gasteiger partial charge in [0.1, 0.15) is 0 Å². The van der Waals surface area contributed by atoms with Crippen LogP contribution >= 0.6 is 0 Å². The zero-order valence-electron chi connectivity index (χ0n) is 17.1. The zero-order chi connectivity index (χ0) is 19.0. The summed E-state index contributed by atoms with van der Waals surface area (Å²) in [6.45, 7) is 0. The minimum Gasteiger partial charge on any atom is -0.378 e. The van der Waals surface area contributed by atoms with Gasteiger partial charge in [-0.05, 0) is 109 Å². The quantitative estimate of drug-likeness (QED) is 0.610. The van der Waals surface area contributed by atoms with Gasteiger partial charge in [0.05, 0.1) is 6.04 Å². The number of nitrogens with zero attached hydrogens (tertiary/aromatic N) is 1. The Morgan fingerprint density at radius 2 is 1.62 bits per heavy atom. The van der Waals surface area contributed by atoms with Gasteiger partial charge in [0.15, 0.2) is 0 Å². The maximum atomic E-state index is 4.23. The summed E-state index contributed by atoms with van der Waals surface area (Å²) in [5, 5.41) is 3.92. The smallest absolute Gasteiger partial charge is 0.0555 e. The van der Waals surface area contributed by atoms with Crippen molar-refractivity contribution in [3.8, 4) is 0 Å². The summed E-state index contributed by atoms with van der Waals surface area (Å²) >= 11 is 0. The van der Waals surface area contributed by atoms with Gasteiger partial charge < -0.3 is 5.32 Å². The van der Waals surface area contributed by atoms with E-state index in [-0.39, 0.29) is 0 Å². The van der Waals surface area contributed by atoms with Gasteiger partial charge >= 0.3 is 0 Å². The molecule has 2 nitrogen and oxygen atoms in total. The number of fused-ring (bicyclic) bond motifs is 3. The largest absolute Gasteiger partial charge is 0.378 e. The molecule has 1 aromatic carbocycles. The Kier molecular flexibility index (Phi) is 3.43. The first kappa shape index (κ1) is 16.7. The fourth-order valence-corrected chi connectivity index (χ4v) is 8.29. The van der Waals surface area contributed by atoms with Crippen LogP contribution in [-0.4, -0.2) is 4.98 Å². The van der Waals surface area contributed by atoms with E-state index in [1.165, 1.54) is 56.2 Å². The van der Waals surface area contributed by atoms with Crippen molar-refractivity contribution in [1.82, 2.24) is 4.98 Å². The van der Waals surface area contributed by atoms with Crippen molar-refractivity contribution in [2.75, 3.05) is 5.32 Å². The Labute approximate surface area is 173 Å². The van der Waals surface area contributed by atoms with Gasteiger partial charge in [0, 0.05) is 24.0 Å². The van der Waals surface area contributed by atoms with Crippen molar-refractivity contribution >= 4 is 5.69 Å². The molecule has 3 atom stereocenters. The number of hydrogen-bond donors (Lipinski definition) is 1. The number of hydrogen-bond acceptors (Lipinski definition) is 2. The topological polar surface area (TPSA) is 24.9 Å². The minimum atomic E-state index is 0.385. The molecule has 0 unspecified atom stereocenters. The molecular formula is C27H30N2. The van der Waals surface area contributed by atoms with E-state index in [9.17, 15) is 0 Å². The molecule has 0 radical (unpaired) electrons. The second kappa shape index (κ2) is 5.97. The van der Waals surface area contributed by atoms with Crippen LogP contribution in [0.2, 0.25) is 0 Å². The van der Waals surface area contributed by atoms with Gasteiger partial charge in [-0.2, -0.15) is 0 Å². The second-order valence-corrected chi connectivity index (χ2v) is 10.8. The van der Waals surface area contributed by atoms with Crippen LogP contribution in [0.1, 0.15) is 73.6 Å². The van der Waals surface area contributed by atoms with Crippen LogP contribution < -0.4 is 5.32 Å². The van der Waals surface area contributed by atoms with E-state index in [0.29, 0.717) is 23.3 Å². The first-order chi connectivity index (χ1) is 14.3. The average Bonchev–Trinajstić information content (AvgIpc) is 3.23. The van der Waals surface area contributed by atoms with E-state index in [4.69, 9.17) is 0 Å². The van der Waals surface area contributed by atoms with Gasteiger partial charge in [0.2, 0.25) is 0 Å². The summed E-state index contributed by atoms with van der Waals surface area (Å²) < 4.78 is 0. The highest BCUT2D eigenvalue weighted by molar-refractivity contribution is 5.61. The van der Waals surface area contributed by atoms with Crippen molar-refractivity contribution < 1.29 is 0 Å². The van der Waals surface area contributed by atoms with Crippen LogP contribution in [0.25, 0.3) is 0 Å². The van der Waals surface area contributed by atoms with E-state index in [2.05, 4.69) is 52.8 Å². The molecule has 2 heterocycles. The van der Waals surface area contributed by atoms with Gasteiger partial charge in [-0.3, -0.25) is 4.98 Å². The third kappa shape index (κ3) is 2.44. The average molecular weight is 383 g/mol. The molecule has 2 aromatic rings. The lowest BCUT2D eigenvalue weighted by molar-refractivity contribution is -0.00523. The Balaban J connectivity index is 1.29. The van der Waals surface area contributed by atoms with Crippen LogP contribution in [0, 0.1) is 23.7 Å². The number of aromatic nitrogens is 1. The summed E-state index contributed by atoms with van der Waals surface area (Å²) in [6, 6.07) is 12.3. The molecular weight excluding hydrogens is 352 g/mol. The molecule has 8 rings (SSSR count). The fourth-order valence-electron chi connectivity index (χ4n) is 8.29. The molecule has 2 heteroatoms. The normalized spacial score (nSPS) is 41.1. The standard InChI is InChI=1S/C27H30N2/c1-2-22-23(3-1)26(20-6-8-28-9-7-20)29-25-5-4-21(13-24(22)25)27-14-17-10-18(15-27)12-19(11-17)16-27/h1-2,4-9,13,17-19,22-23,26,29H,3,10-12,14-16H2/t17?,18?,19?,22-,23+,26-,27?/m0/s1. The molecule has 29 heavy (non-hydrogen) atoms. The van der Waals surface area contributed by atoms with Gasteiger partial charge in [-0.15, -0.1) is 0 Å². The van der Waals surface area contributed by atoms with Crippen LogP contribution in [0.15, 0.2) is 54.9 Å². The maximum absolute atomic E-state index is 4.23. The van der Waals surface area contributed by atoms with E-state index in [1.807, 2.05) is 12.4 Å². The van der Waals surface area contributed by atoms with Crippen molar-refractivity contribution in [2.45, 2.75) is 62.3 Å². The van der Waals surface area contributed by atoms with Crippen LogP contribution in [0.3, 0.4) is 0 Å². The van der Waals surface area contributed by atoms with Crippen LogP contribution in [0.4, 0.5) is 5.69 Å². The first-order valence-electron chi connectivity index (χ1n) is 11.7. The maximum Gasteiger partial charge on any atom is 0.0555 e. The number of anilines is 1. The molecule has 1 aromatic heterocycles. The van der Waals surface area contributed by atoms with E-state index in [0.717, 1.165) is 17.8 Å². The third-order valence-electron chi connectivity index (χ3n) is 9.08. The monoisotopic (exact) mass is 382 g/mol. The molecule has 4 fully saturated rings. The number of benzene rings is 1. The predicted octanol–water partition coefficient (Wildman–Crippen LogP) is 6.38. The summed E-state index contributed by atoms with van der Waals surface area (Å²) in [5.74, 6) is 4.19. The Hall–Kier alpha value is -2.09. The third-order valence-corrected chi connectivity index (χ3v) is 9.08. The van der Waals surface area contributed by atoms with E-state index < -0.39 is 0 Å². The Morgan fingerprint density at radius 3 is 2.34 bits per heavy atom. The molecule has 4 saturated carbocycles. The number of allylic oxidation sites excluding steroid dienone is 2. The molecule has 0 saturated heterocycles. The molecule has 1 aliphatic heterocycles. The highest BCUT2D eigenvalue weighted by atomic mass is 15.0. The molecule has 1 N–H and O–H groups in total. The lowest BCUT2D eigenvalue weighted by Gasteiger charge is -2.57. The van der Waals surface area contributed by atoms with Crippen LogP contribution in [-0.2, 0) is 5.41 Å². The van der Waals surface area contributed by atoms with Crippen LogP contribution in [0.5, 0.6) is 0 Å². The number of pyridine rings is 1. The number of rotatable bonds is 2. The second-order valence-electron chi connectivity index (χ2n) is 10.8. The van der Waals surface area contributed by atoms with E-state index >= 15 is 0 Å². The molecule has 0 amide bonds. The summed E-state index contributed by atoms with van der Waals surface area (Å²) in [4.78, 5) is 4.23. The number of nitrogens with one attached hydrogen (secondary N) is 1. The zero-order valence-corrected chi connectivity index (χ0v) is 17.1. The fraction of sp³-hybridized carbons (Fsp3) is 0.519. The predicted molar refractivity (Wildman–Crippen MR) is 117 cm³/mol. The van der Waals surface area contributed by atoms with Crippen molar-refractivity contribution in [2.24, 2.45) is 23.7 Å². The Bertz CT molecular complexity index is 940.